The fraction of sp³-hybridized carbons (Fsp3) is 0.471. The summed E-state index contributed by atoms with van der Waals surface area (Å²) in [5.41, 5.74) is 0.631. The highest BCUT2D eigenvalue weighted by atomic mass is 32.2. The molecule has 0 unspecified atom stereocenters. The average molecular weight is 445 g/mol. The van der Waals surface area contributed by atoms with Gasteiger partial charge in [0.1, 0.15) is 11.4 Å². The third kappa shape index (κ3) is 4.26. The minimum atomic E-state index is -4.84. The zero-order valence-corrected chi connectivity index (χ0v) is 16.4. The van der Waals surface area contributed by atoms with Gasteiger partial charge in [-0.1, -0.05) is 5.21 Å². The van der Waals surface area contributed by atoms with E-state index in [1.165, 1.54) is 4.31 Å². The van der Waals surface area contributed by atoms with Gasteiger partial charge in [-0.25, -0.2) is 13.1 Å². The van der Waals surface area contributed by atoms with E-state index in [0.29, 0.717) is 25.2 Å². The summed E-state index contributed by atoms with van der Waals surface area (Å²) in [5, 5.41) is 8.07. The number of halogens is 3. The number of sulfonamides is 1. The number of rotatable bonds is 6. The van der Waals surface area contributed by atoms with E-state index in [1.54, 1.807) is 15.8 Å². The molecular weight excluding hydrogens is 427 g/mol. The molecule has 2 fully saturated rings. The molecule has 2 aromatic rings. The summed E-state index contributed by atoms with van der Waals surface area (Å²) in [4.78, 5) is 13.3. The van der Waals surface area contributed by atoms with Gasteiger partial charge in [-0.15, -0.1) is 18.3 Å². The molecule has 0 N–H and O–H groups in total. The molecule has 2 saturated heterocycles. The maximum absolute atomic E-state index is 12.6. The number of ether oxygens (including phenoxy) is 1. The topological polar surface area (TPSA) is 97.6 Å². The van der Waals surface area contributed by atoms with Gasteiger partial charge in [-0.05, 0) is 30.7 Å². The maximum Gasteiger partial charge on any atom is 0.573 e. The SMILES string of the molecule is O=C1CCCN1Cc1cn(C2CN(S(=O)(=O)c3ccc(OC(F)(F)F)cc3)C2)nn1. The highest BCUT2D eigenvalue weighted by Gasteiger charge is 2.39. The van der Waals surface area contributed by atoms with Crippen molar-refractivity contribution in [3.05, 3.63) is 36.2 Å². The largest absolute Gasteiger partial charge is 0.573 e. The zero-order chi connectivity index (χ0) is 21.5. The van der Waals surface area contributed by atoms with Crippen LogP contribution >= 0.6 is 0 Å². The van der Waals surface area contributed by atoms with Crippen LogP contribution in [0.15, 0.2) is 35.4 Å². The van der Waals surface area contributed by atoms with E-state index in [4.69, 9.17) is 0 Å². The van der Waals surface area contributed by atoms with Crippen molar-refractivity contribution in [2.24, 2.45) is 0 Å². The number of benzene rings is 1. The lowest BCUT2D eigenvalue weighted by Gasteiger charge is -2.37. The number of hydrogen-bond donors (Lipinski definition) is 0. The van der Waals surface area contributed by atoms with Gasteiger partial charge in [0.2, 0.25) is 15.9 Å². The predicted molar refractivity (Wildman–Crippen MR) is 95.6 cm³/mol. The Bertz CT molecular complexity index is 1030. The normalized spacial score (nSPS) is 18.6. The number of amides is 1. The second-order valence-corrected chi connectivity index (χ2v) is 9.04. The Balaban J connectivity index is 1.36. The van der Waals surface area contributed by atoms with Crippen LogP contribution in [0.25, 0.3) is 0 Å². The van der Waals surface area contributed by atoms with Crippen molar-refractivity contribution >= 4 is 15.9 Å². The first-order chi connectivity index (χ1) is 14.1. The molecule has 1 aromatic carbocycles. The summed E-state index contributed by atoms with van der Waals surface area (Å²) < 4.78 is 68.5. The minimum absolute atomic E-state index is 0.0807. The van der Waals surface area contributed by atoms with Gasteiger partial charge in [-0.3, -0.25) is 4.79 Å². The second-order valence-electron chi connectivity index (χ2n) is 7.10. The lowest BCUT2D eigenvalue weighted by atomic mass is 10.2. The van der Waals surface area contributed by atoms with Crippen LogP contribution in [0.2, 0.25) is 0 Å². The highest BCUT2D eigenvalue weighted by Crippen LogP contribution is 2.30. The summed E-state index contributed by atoms with van der Waals surface area (Å²) in [6, 6.07) is 3.86. The molecule has 162 valence electrons. The van der Waals surface area contributed by atoms with Gasteiger partial charge >= 0.3 is 6.36 Å². The van der Waals surface area contributed by atoms with E-state index in [2.05, 4.69) is 15.0 Å². The van der Waals surface area contributed by atoms with Crippen molar-refractivity contribution in [1.29, 1.82) is 0 Å². The van der Waals surface area contributed by atoms with Gasteiger partial charge < -0.3 is 9.64 Å². The summed E-state index contributed by atoms with van der Waals surface area (Å²) in [5.74, 6) is -0.410. The monoisotopic (exact) mass is 445 g/mol. The van der Waals surface area contributed by atoms with Crippen molar-refractivity contribution < 1.29 is 31.1 Å². The summed E-state index contributed by atoms with van der Waals surface area (Å²) >= 11 is 0. The minimum Gasteiger partial charge on any atom is -0.406 e. The van der Waals surface area contributed by atoms with Crippen LogP contribution in [0.4, 0.5) is 13.2 Å². The summed E-state index contributed by atoms with van der Waals surface area (Å²) in [7, 11) is -3.84. The Hall–Kier alpha value is -2.67. The standard InChI is InChI=1S/C17H18F3N5O4S/c18-17(19,20)29-14-3-5-15(6-4-14)30(27,28)24-10-13(11-24)25-9-12(21-22-25)8-23-7-1-2-16(23)26/h3-6,9,13H,1-2,7-8,10-11H2. The Labute approximate surface area is 170 Å². The van der Waals surface area contributed by atoms with Crippen LogP contribution < -0.4 is 4.74 Å². The number of nitrogens with zero attached hydrogens (tertiary/aromatic N) is 5. The Morgan fingerprint density at radius 1 is 1.17 bits per heavy atom. The number of aromatic nitrogens is 3. The fourth-order valence-corrected chi connectivity index (χ4v) is 4.89. The molecule has 13 heteroatoms. The van der Waals surface area contributed by atoms with E-state index in [1.807, 2.05) is 0 Å². The molecule has 9 nitrogen and oxygen atoms in total. The molecule has 0 spiro atoms. The van der Waals surface area contributed by atoms with Gasteiger partial charge in [0.15, 0.2) is 0 Å². The maximum atomic E-state index is 12.6. The first-order valence-electron chi connectivity index (χ1n) is 9.16. The van der Waals surface area contributed by atoms with E-state index in [0.717, 1.165) is 30.7 Å². The molecule has 0 atom stereocenters. The van der Waals surface area contributed by atoms with E-state index in [-0.39, 0.29) is 29.9 Å². The number of carbonyl (C=O) groups excluding carboxylic acids is 1. The second kappa shape index (κ2) is 7.54. The summed E-state index contributed by atoms with van der Waals surface area (Å²) in [6.45, 7) is 1.39. The van der Waals surface area contributed by atoms with Gasteiger partial charge in [-0.2, -0.15) is 4.31 Å². The molecule has 30 heavy (non-hydrogen) atoms. The van der Waals surface area contributed by atoms with Crippen LogP contribution in [0.1, 0.15) is 24.6 Å². The van der Waals surface area contributed by atoms with Crippen molar-refractivity contribution in [2.45, 2.75) is 36.7 Å². The number of carbonyl (C=O) groups is 1. The average Bonchev–Trinajstić information content (AvgIpc) is 3.22. The van der Waals surface area contributed by atoms with Crippen molar-refractivity contribution in [1.82, 2.24) is 24.2 Å². The lowest BCUT2D eigenvalue weighted by molar-refractivity contribution is -0.274. The van der Waals surface area contributed by atoms with Crippen LogP contribution in [-0.2, 0) is 21.4 Å². The van der Waals surface area contributed by atoms with Crippen LogP contribution in [0.5, 0.6) is 5.75 Å². The predicted octanol–water partition coefficient (Wildman–Crippen LogP) is 1.54. The molecule has 2 aliphatic rings. The third-order valence-corrected chi connectivity index (χ3v) is 6.83. The quantitative estimate of drug-likeness (QED) is 0.669. The van der Waals surface area contributed by atoms with E-state index < -0.39 is 22.1 Å². The van der Waals surface area contributed by atoms with Crippen LogP contribution in [0.3, 0.4) is 0 Å². The highest BCUT2D eigenvalue weighted by molar-refractivity contribution is 7.89. The first-order valence-corrected chi connectivity index (χ1v) is 10.6. The van der Waals surface area contributed by atoms with Crippen molar-refractivity contribution in [2.75, 3.05) is 19.6 Å². The van der Waals surface area contributed by atoms with Crippen LogP contribution in [-0.4, -0.2) is 64.5 Å². The van der Waals surface area contributed by atoms with Crippen molar-refractivity contribution in [3.8, 4) is 5.75 Å². The molecule has 0 radical (unpaired) electrons. The Morgan fingerprint density at radius 2 is 1.87 bits per heavy atom. The third-order valence-electron chi connectivity index (χ3n) is 4.98. The molecule has 2 aliphatic heterocycles. The number of alkyl halides is 3. The van der Waals surface area contributed by atoms with Gasteiger partial charge in [0.25, 0.3) is 0 Å². The first kappa shape index (κ1) is 20.6. The molecule has 4 rings (SSSR count). The zero-order valence-electron chi connectivity index (χ0n) is 15.6. The summed E-state index contributed by atoms with van der Waals surface area (Å²) in [6.07, 6.45) is -1.79. The lowest BCUT2D eigenvalue weighted by Crippen LogP contribution is -2.50. The molecule has 0 saturated carbocycles. The van der Waals surface area contributed by atoms with Crippen LogP contribution in [0, 0.1) is 0 Å². The molecule has 0 aliphatic carbocycles. The molecule has 3 heterocycles. The van der Waals surface area contributed by atoms with E-state index >= 15 is 0 Å². The Morgan fingerprint density at radius 3 is 2.47 bits per heavy atom. The Kier molecular flexibility index (Phi) is 5.18. The smallest absolute Gasteiger partial charge is 0.406 e. The number of likely N-dealkylation sites (tertiary alicyclic amines) is 1. The van der Waals surface area contributed by atoms with Gasteiger partial charge in [0, 0.05) is 26.1 Å². The molecule has 1 amide bonds. The molecule has 0 bridgehead atoms. The van der Waals surface area contributed by atoms with Crippen molar-refractivity contribution in [3.63, 3.8) is 0 Å². The molecule has 1 aromatic heterocycles. The van der Waals surface area contributed by atoms with Gasteiger partial charge in [0.05, 0.1) is 23.7 Å². The molecular formula is C17H18F3N5O4S. The van der Waals surface area contributed by atoms with E-state index in [9.17, 15) is 26.4 Å². The fourth-order valence-electron chi connectivity index (χ4n) is 3.37. The number of hydrogen-bond acceptors (Lipinski definition) is 6.